The Balaban J connectivity index is 2.17. The fourth-order valence-electron chi connectivity index (χ4n) is 1.70. The van der Waals surface area contributed by atoms with Crippen molar-refractivity contribution in [3.63, 3.8) is 0 Å². The summed E-state index contributed by atoms with van der Waals surface area (Å²) in [6, 6.07) is 0.936. The Hall–Kier alpha value is -0.770. The summed E-state index contributed by atoms with van der Waals surface area (Å²) in [5.41, 5.74) is 0. The Morgan fingerprint density at radius 2 is 2.31 bits per heavy atom. The summed E-state index contributed by atoms with van der Waals surface area (Å²) in [5.74, 6) is 0. The Morgan fingerprint density at radius 1 is 1.54 bits per heavy atom. The number of rotatable bonds is 2. The Bertz CT molecular complexity index is 172. The molecule has 0 bridgehead atoms. The van der Waals surface area contributed by atoms with Crippen molar-refractivity contribution in [2.75, 3.05) is 13.6 Å². The van der Waals surface area contributed by atoms with Gasteiger partial charge in [-0.25, -0.2) is 4.79 Å². The van der Waals surface area contributed by atoms with E-state index in [1.54, 1.807) is 7.05 Å². The molecule has 1 fully saturated rings. The Kier molecular flexibility index (Phi) is 4.02. The summed E-state index contributed by atoms with van der Waals surface area (Å²) in [6.45, 7) is 2.91. The van der Waals surface area contributed by atoms with Gasteiger partial charge in [-0.05, 0) is 19.8 Å². The second-order valence-electron chi connectivity index (χ2n) is 3.66. The first kappa shape index (κ1) is 10.3. The Morgan fingerprint density at radius 3 is 2.92 bits per heavy atom. The van der Waals surface area contributed by atoms with Gasteiger partial charge in [0.1, 0.15) is 0 Å². The quantitative estimate of drug-likeness (QED) is 0.585. The third-order valence-corrected chi connectivity index (χ3v) is 2.45. The summed E-state index contributed by atoms with van der Waals surface area (Å²) in [7, 11) is 1.63. The van der Waals surface area contributed by atoms with Gasteiger partial charge >= 0.3 is 6.03 Å². The molecule has 4 heteroatoms. The highest BCUT2D eigenvalue weighted by Crippen LogP contribution is 2.11. The van der Waals surface area contributed by atoms with Crippen LogP contribution in [0.25, 0.3) is 0 Å². The molecule has 4 nitrogen and oxygen atoms in total. The maximum atomic E-state index is 10.9. The second-order valence-corrected chi connectivity index (χ2v) is 3.66. The van der Waals surface area contributed by atoms with E-state index in [0.29, 0.717) is 12.1 Å². The fourth-order valence-corrected chi connectivity index (χ4v) is 1.70. The molecule has 76 valence electrons. The Labute approximate surface area is 79.5 Å². The van der Waals surface area contributed by atoms with Gasteiger partial charge in [0.05, 0.1) is 0 Å². The van der Waals surface area contributed by atoms with E-state index >= 15 is 0 Å². The lowest BCUT2D eigenvalue weighted by Crippen LogP contribution is -2.48. The topological polar surface area (TPSA) is 53.2 Å². The van der Waals surface area contributed by atoms with Crippen LogP contribution in [-0.4, -0.2) is 31.7 Å². The van der Waals surface area contributed by atoms with Crippen LogP contribution in [0.5, 0.6) is 0 Å². The van der Waals surface area contributed by atoms with Crippen LogP contribution in [0.2, 0.25) is 0 Å². The molecule has 1 rings (SSSR count). The molecule has 0 radical (unpaired) electrons. The standard InChI is InChI=1S/C9H19N3O/c1-7-4-3-5-8(12-7)6-11-9(13)10-2/h7-8,12H,3-6H2,1-2H3,(H2,10,11,13). The number of hydrogen-bond donors (Lipinski definition) is 3. The molecule has 0 aliphatic carbocycles. The molecule has 1 heterocycles. The van der Waals surface area contributed by atoms with Gasteiger partial charge in [0.15, 0.2) is 0 Å². The zero-order chi connectivity index (χ0) is 9.68. The number of nitrogens with one attached hydrogen (secondary N) is 3. The molecule has 13 heavy (non-hydrogen) atoms. The van der Waals surface area contributed by atoms with Gasteiger partial charge in [-0.15, -0.1) is 0 Å². The predicted molar refractivity (Wildman–Crippen MR) is 52.7 cm³/mol. The highest BCUT2D eigenvalue weighted by atomic mass is 16.2. The van der Waals surface area contributed by atoms with Crippen molar-refractivity contribution in [2.45, 2.75) is 38.3 Å². The van der Waals surface area contributed by atoms with E-state index in [2.05, 4.69) is 22.9 Å². The second kappa shape index (κ2) is 5.07. The van der Waals surface area contributed by atoms with Gasteiger partial charge in [-0.2, -0.15) is 0 Å². The largest absolute Gasteiger partial charge is 0.341 e. The maximum Gasteiger partial charge on any atom is 0.314 e. The molecular formula is C9H19N3O. The fraction of sp³-hybridized carbons (Fsp3) is 0.889. The van der Waals surface area contributed by atoms with E-state index in [4.69, 9.17) is 0 Å². The first-order valence-corrected chi connectivity index (χ1v) is 4.94. The van der Waals surface area contributed by atoms with E-state index in [1.807, 2.05) is 0 Å². The number of piperidine rings is 1. The number of carbonyl (C=O) groups is 1. The molecule has 0 saturated carbocycles. The average molecular weight is 185 g/mol. The number of urea groups is 1. The van der Waals surface area contributed by atoms with Gasteiger partial charge in [-0.3, -0.25) is 0 Å². The molecule has 0 aromatic rings. The minimum atomic E-state index is -0.0972. The smallest absolute Gasteiger partial charge is 0.314 e. The minimum Gasteiger partial charge on any atom is -0.341 e. The van der Waals surface area contributed by atoms with Gasteiger partial charge in [-0.1, -0.05) is 6.42 Å². The number of amides is 2. The number of carbonyl (C=O) groups excluding carboxylic acids is 1. The molecule has 3 N–H and O–H groups in total. The van der Waals surface area contributed by atoms with E-state index in [1.165, 1.54) is 12.8 Å². The molecule has 2 atom stereocenters. The van der Waals surface area contributed by atoms with Gasteiger partial charge < -0.3 is 16.0 Å². The molecule has 0 aromatic heterocycles. The third kappa shape index (κ3) is 3.63. The third-order valence-electron chi connectivity index (χ3n) is 2.45. The molecule has 0 spiro atoms. The zero-order valence-electron chi connectivity index (χ0n) is 8.39. The van der Waals surface area contributed by atoms with Crippen molar-refractivity contribution in [3.8, 4) is 0 Å². The SMILES string of the molecule is CNC(=O)NCC1CCCC(C)N1. The minimum absolute atomic E-state index is 0.0972. The van der Waals surface area contributed by atoms with Crippen LogP contribution in [0.1, 0.15) is 26.2 Å². The van der Waals surface area contributed by atoms with Crippen molar-refractivity contribution in [2.24, 2.45) is 0 Å². The molecule has 2 unspecified atom stereocenters. The normalized spacial score (nSPS) is 28.2. The van der Waals surface area contributed by atoms with E-state index in [-0.39, 0.29) is 6.03 Å². The van der Waals surface area contributed by atoms with Crippen LogP contribution in [-0.2, 0) is 0 Å². The van der Waals surface area contributed by atoms with Crippen LogP contribution < -0.4 is 16.0 Å². The van der Waals surface area contributed by atoms with Crippen LogP contribution in [0.3, 0.4) is 0 Å². The van der Waals surface area contributed by atoms with Crippen LogP contribution >= 0.6 is 0 Å². The first-order valence-electron chi connectivity index (χ1n) is 4.94. The predicted octanol–water partition coefficient (Wildman–Crippen LogP) is 0.446. The zero-order valence-corrected chi connectivity index (χ0v) is 8.39. The molecule has 1 aliphatic rings. The van der Waals surface area contributed by atoms with Crippen LogP contribution in [0, 0.1) is 0 Å². The summed E-state index contributed by atoms with van der Waals surface area (Å²) in [6.07, 6.45) is 3.67. The molecule has 1 saturated heterocycles. The first-order chi connectivity index (χ1) is 6.22. The van der Waals surface area contributed by atoms with Crippen LogP contribution in [0.15, 0.2) is 0 Å². The van der Waals surface area contributed by atoms with E-state index in [9.17, 15) is 4.79 Å². The summed E-state index contributed by atoms with van der Waals surface area (Å²) < 4.78 is 0. The lowest BCUT2D eigenvalue weighted by atomic mass is 10.00. The van der Waals surface area contributed by atoms with E-state index < -0.39 is 0 Å². The highest BCUT2D eigenvalue weighted by Gasteiger charge is 2.17. The maximum absolute atomic E-state index is 10.9. The van der Waals surface area contributed by atoms with Gasteiger partial charge in [0.25, 0.3) is 0 Å². The van der Waals surface area contributed by atoms with Crippen LogP contribution in [0.4, 0.5) is 4.79 Å². The van der Waals surface area contributed by atoms with Crippen molar-refractivity contribution in [3.05, 3.63) is 0 Å². The van der Waals surface area contributed by atoms with Gasteiger partial charge in [0.2, 0.25) is 0 Å². The van der Waals surface area contributed by atoms with Crippen molar-refractivity contribution >= 4 is 6.03 Å². The van der Waals surface area contributed by atoms with E-state index in [0.717, 1.165) is 13.0 Å². The highest BCUT2D eigenvalue weighted by molar-refractivity contribution is 5.73. The van der Waals surface area contributed by atoms with Gasteiger partial charge in [0, 0.05) is 25.7 Å². The lowest BCUT2D eigenvalue weighted by molar-refractivity contribution is 0.239. The summed E-state index contributed by atoms with van der Waals surface area (Å²) in [5, 5.41) is 8.80. The van der Waals surface area contributed by atoms with Crippen molar-refractivity contribution in [1.82, 2.24) is 16.0 Å². The monoisotopic (exact) mass is 185 g/mol. The van der Waals surface area contributed by atoms with Crippen molar-refractivity contribution in [1.29, 1.82) is 0 Å². The molecule has 2 amide bonds. The number of hydrogen-bond acceptors (Lipinski definition) is 2. The summed E-state index contributed by atoms with van der Waals surface area (Å²) in [4.78, 5) is 10.9. The lowest BCUT2D eigenvalue weighted by Gasteiger charge is -2.28. The van der Waals surface area contributed by atoms with Crippen molar-refractivity contribution < 1.29 is 4.79 Å². The molecule has 1 aliphatic heterocycles. The summed E-state index contributed by atoms with van der Waals surface area (Å²) >= 11 is 0. The molecular weight excluding hydrogens is 166 g/mol. The average Bonchev–Trinajstić information content (AvgIpc) is 2.14. The molecule has 0 aromatic carbocycles.